The second-order valence-corrected chi connectivity index (χ2v) is 5.46. The van der Waals surface area contributed by atoms with Crippen LogP contribution in [0.15, 0.2) is 24.3 Å². The topological polar surface area (TPSA) is 49.8 Å². The fourth-order valence-electron chi connectivity index (χ4n) is 3.12. The SMILES string of the molecule is O=C(O)C1CCN(CC2CCOc3ccccc32)C1. The zero-order valence-corrected chi connectivity index (χ0v) is 10.9. The molecule has 0 amide bonds. The summed E-state index contributed by atoms with van der Waals surface area (Å²) in [4.78, 5) is 13.3. The van der Waals surface area contributed by atoms with Crippen LogP contribution in [0.25, 0.3) is 0 Å². The summed E-state index contributed by atoms with van der Waals surface area (Å²) < 4.78 is 5.66. The highest BCUT2D eigenvalue weighted by molar-refractivity contribution is 5.70. The Morgan fingerprint density at radius 3 is 3.00 bits per heavy atom. The van der Waals surface area contributed by atoms with E-state index in [4.69, 9.17) is 9.84 Å². The lowest BCUT2D eigenvalue weighted by Crippen LogP contribution is -2.30. The molecule has 0 spiro atoms. The smallest absolute Gasteiger partial charge is 0.307 e. The van der Waals surface area contributed by atoms with E-state index >= 15 is 0 Å². The van der Waals surface area contributed by atoms with E-state index in [0.717, 1.165) is 38.3 Å². The number of benzene rings is 1. The molecule has 4 heteroatoms. The highest BCUT2D eigenvalue weighted by Gasteiger charge is 2.31. The summed E-state index contributed by atoms with van der Waals surface area (Å²) in [5.41, 5.74) is 1.27. The molecule has 0 bridgehead atoms. The average molecular weight is 261 g/mol. The van der Waals surface area contributed by atoms with Crippen LogP contribution in [0, 0.1) is 5.92 Å². The molecule has 2 unspecified atom stereocenters. The summed E-state index contributed by atoms with van der Waals surface area (Å²) in [6, 6.07) is 8.19. The Hall–Kier alpha value is -1.55. The van der Waals surface area contributed by atoms with Gasteiger partial charge in [-0.05, 0) is 31.0 Å². The average Bonchev–Trinajstić information content (AvgIpc) is 2.88. The van der Waals surface area contributed by atoms with Gasteiger partial charge in [0.15, 0.2) is 0 Å². The first kappa shape index (κ1) is 12.5. The summed E-state index contributed by atoms with van der Waals surface area (Å²) in [6.45, 7) is 3.30. The van der Waals surface area contributed by atoms with E-state index in [1.807, 2.05) is 18.2 Å². The van der Waals surface area contributed by atoms with Crippen LogP contribution in [-0.2, 0) is 4.79 Å². The van der Waals surface area contributed by atoms with Gasteiger partial charge in [0.05, 0.1) is 12.5 Å². The van der Waals surface area contributed by atoms with E-state index in [2.05, 4.69) is 11.0 Å². The van der Waals surface area contributed by atoms with Gasteiger partial charge in [0, 0.05) is 19.0 Å². The van der Waals surface area contributed by atoms with E-state index < -0.39 is 5.97 Å². The van der Waals surface area contributed by atoms with Crippen molar-refractivity contribution >= 4 is 5.97 Å². The number of likely N-dealkylation sites (tertiary alicyclic amines) is 1. The van der Waals surface area contributed by atoms with Crippen molar-refractivity contribution in [2.24, 2.45) is 5.92 Å². The Morgan fingerprint density at radius 1 is 1.37 bits per heavy atom. The normalized spacial score (nSPS) is 26.7. The molecule has 1 fully saturated rings. The van der Waals surface area contributed by atoms with Crippen LogP contribution < -0.4 is 4.74 Å². The number of carbonyl (C=O) groups is 1. The minimum absolute atomic E-state index is 0.185. The lowest BCUT2D eigenvalue weighted by molar-refractivity contribution is -0.141. The first-order valence-corrected chi connectivity index (χ1v) is 6.91. The summed E-state index contributed by atoms with van der Waals surface area (Å²) >= 11 is 0. The summed E-state index contributed by atoms with van der Waals surface area (Å²) in [5.74, 6) is 0.621. The Kier molecular flexibility index (Phi) is 3.42. The van der Waals surface area contributed by atoms with Crippen molar-refractivity contribution in [3.05, 3.63) is 29.8 Å². The van der Waals surface area contributed by atoms with Crippen LogP contribution in [0.4, 0.5) is 0 Å². The largest absolute Gasteiger partial charge is 0.493 e. The van der Waals surface area contributed by atoms with Crippen LogP contribution in [0.5, 0.6) is 5.75 Å². The van der Waals surface area contributed by atoms with Crippen LogP contribution in [-0.4, -0.2) is 42.2 Å². The molecule has 2 aliphatic heterocycles. The van der Waals surface area contributed by atoms with E-state index in [1.165, 1.54) is 5.56 Å². The summed E-state index contributed by atoms with van der Waals surface area (Å²) in [6.07, 6.45) is 1.80. The molecule has 3 rings (SSSR count). The Labute approximate surface area is 113 Å². The van der Waals surface area contributed by atoms with Crippen molar-refractivity contribution in [3.8, 4) is 5.75 Å². The van der Waals surface area contributed by atoms with Gasteiger partial charge >= 0.3 is 5.97 Å². The number of ether oxygens (including phenoxy) is 1. The molecule has 0 aromatic heterocycles. The lowest BCUT2D eigenvalue weighted by Gasteiger charge is -2.29. The third-order valence-corrected chi connectivity index (χ3v) is 4.18. The second kappa shape index (κ2) is 5.21. The van der Waals surface area contributed by atoms with Crippen LogP contribution in [0.1, 0.15) is 24.3 Å². The highest BCUT2D eigenvalue weighted by atomic mass is 16.5. The van der Waals surface area contributed by atoms with Crippen LogP contribution in [0.2, 0.25) is 0 Å². The first-order chi connectivity index (χ1) is 9.24. The molecule has 1 saturated heterocycles. The molecule has 2 heterocycles. The first-order valence-electron chi connectivity index (χ1n) is 6.91. The molecule has 19 heavy (non-hydrogen) atoms. The zero-order valence-electron chi connectivity index (χ0n) is 10.9. The number of rotatable bonds is 3. The minimum atomic E-state index is -0.658. The van der Waals surface area contributed by atoms with Crippen molar-refractivity contribution in [3.63, 3.8) is 0 Å². The van der Waals surface area contributed by atoms with Gasteiger partial charge in [-0.3, -0.25) is 4.79 Å². The molecule has 102 valence electrons. The monoisotopic (exact) mass is 261 g/mol. The number of carboxylic acids is 1. The molecule has 4 nitrogen and oxygen atoms in total. The summed E-state index contributed by atoms with van der Waals surface area (Å²) in [7, 11) is 0. The quantitative estimate of drug-likeness (QED) is 0.903. The van der Waals surface area contributed by atoms with E-state index in [-0.39, 0.29) is 5.92 Å². The maximum absolute atomic E-state index is 11.0. The summed E-state index contributed by atoms with van der Waals surface area (Å²) in [5, 5.41) is 9.05. The molecule has 2 atom stereocenters. The predicted molar refractivity (Wildman–Crippen MR) is 71.5 cm³/mol. The number of para-hydroxylation sites is 1. The Bertz CT molecular complexity index is 474. The third kappa shape index (κ3) is 2.59. The van der Waals surface area contributed by atoms with Crippen molar-refractivity contribution in [2.45, 2.75) is 18.8 Å². The molecule has 1 N–H and O–H groups in total. The number of aliphatic carboxylic acids is 1. The van der Waals surface area contributed by atoms with E-state index in [1.54, 1.807) is 0 Å². The molecule has 0 saturated carbocycles. The van der Waals surface area contributed by atoms with Crippen molar-refractivity contribution in [1.82, 2.24) is 4.90 Å². The molecule has 1 aromatic rings. The van der Waals surface area contributed by atoms with Gasteiger partial charge in [-0.1, -0.05) is 18.2 Å². The minimum Gasteiger partial charge on any atom is -0.493 e. The molecular weight excluding hydrogens is 242 g/mol. The number of hydrogen-bond acceptors (Lipinski definition) is 3. The maximum Gasteiger partial charge on any atom is 0.307 e. The van der Waals surface area contributed by atoms with Gasteiger partial charge in [-0.15, -0.1) is 0 Å². The maximum atomic E-state index is 11.0. The zero-order chi connectivity index (χ0) is 13.2. The number of fused-ring (bicyclic) bond motifs is 1. The van der Waals surface area contributed by atoms with Gasteiger partial charge in [0.2, 0.25) is 0 Å². The third-order valence-electron chi connectivity index (χ3n) is 4.18. The standard InChI is InChI=1S/C15H19NO3/c17-15(18)12-5-7-16(10-12)9-11-6-8-19-14-4-2-1-3-13(11)14/h1-4,11-12H,5-10H2,(H,17,18). The van der Waals surface area contributed by atoms with E-state index in [0.29, 0.717) is 12.5 Å². The number of carboxylic acid groups (broad SMARTS) is 1. The van der Waals surface area contributed by atoms with Gasteiger partial charge in [-0.25, -0.2) is 0 Å². The van der Waals surface area contributed by atoms with E-state index in [9.17, 15) is 4.79 Å². The van der Waals surface area contributed by atoms with Crippen molar-refractivity contribution < 1.29 is 14.6 Å². The Balaban J connectivity index is 1.67. The van der Waals surface area contributed by atoms with Gasteiger partial charge in [-0.2, -0.15) is 0 Å². The number of nitrogens with zero attached hydrogens (tertiary/aromatic N) is 1. The lowest BCUT2D eigenvalue weighted by atomic mass is 9.92. The fraction of sp³-hybridized carbons (Fsp3) is 0.533. The van der Waals surface area contributed by atoms with Crippen LogP contribution in [0.3, 0.4) is 0 Å². The molecule has 1 aromatic carbocycles. The van der Waals surface area contributed by atoms with Gasteiger partial charge in [0.25, 0.3) is 0 Å². The second-order valence-electron chi connectivity index (χ2n) is 5.46. The van der Waals surface area contributed by atoms with Crippen molar-refractivity contribution in [2.75, 3.05) is 26.2 Å². The van der Waals surface area contributed by atoms with Crippen molar-refractivity contribution in [1.29, 1.82) is 0 Å². The fourth-order valence-corrected chi connectivity index (χ4v) is 3.12. The molecule has 0 aliphatic carbocycles. The van der Waals surface area contributed by atoms with Gasteiger partial charge < -0.3 is 14.7 Å². The Morgan fingerprint density at radius 2 is 2.21 bits per heavy atom. The molecular formula is C15H19NO3. The molecule has 0 radical (unpaired) electrons. The predicted octanol–water partition coefficient (Wildman–Crippen LogP) is 1.96. The molecule has 2 aliphatic rings. The van der Waals surface area contributed by atoms with Gasteiger partial charge in [0.1, 0.15) is 5.75 Å². The van der Waals surface area contributed by atoms with Crippen LogP contribution >= 0.6 is 0 Å². The number of hydrogen-bond donors (Lipinski definition) is 1. The highest BCUT2D eigenvalue weighted by Crippen LogP contribution is 2.34.